The number of nitrogens with one attached hydrogen (secondary N) is 2. The Bertz CT molecular complexity index is 420. The average molecular weight is 266 g/mol. The van der Waals surface area contributed by atoms with E-state index >= 15 is 0 Å². The molecule has 0 aliphatic carbocycles. The second-order valence-electron chi connectivity index (χ2n) is 4.63. The van der Waals surface area contributed by atoms with E-state index in [0.29, 0.717) is 25.2 Å². The lowest BCUT2D eigenvalue weighted by atomic mass is 10.2. The minimum absolute atomic E-state index is 0.0144. The van der Waals surface area contributed by atoms with Crippen molar-refractivity contribution in [3.63, 3.8) is 0 Å². The van der Waals surface area contributed by atoms with Gasteiger partial charge in [0.1, 0.15) is 5.82 Å². The summed E-state index contributed by atoms with van der Waals surface area (Å²) >= 11 is 0. The lowest BCUT2D eigenvalue weighted by molar-refractivity contribution is -0.121. The maximum atomic E-state index is 12.9. The number of halogens is 1. The third-order valence-corrected chi connectivity index (χ3v) is 3.06. The van der Waals surface area contributed by atoms with E-state index in [1.165, 1.54) is 12.1 Å². The molecule has 1 heterocycles. The predicted molar refractivity (Wildman–Crippen MR) is 71.5 cm³/mol. The number of hydrogen-bond donors (Lipinski definition) is 2. The molecule has 0 bridgehead atoms. The van der Waals surface area contributed by atoms with Crippen LogP contribution in [0.15, 0.2) is 24.3 Å². The smallest absolute Gasteiger partial charge is 0.221 e. The Morgan fingerprint density at radius 1 is 1.47 bits per heavy atom. The highest BCUT2D eigenvalue weighted by atomic mass is 19.1. The summed E-state index contributed by atoms with van der Waals surface area (Å²) in [5.74, 6) is -0.299. The lowest BCUT2D eigenvalue weighted by Crippen LogP contribution is -2.32. The van der Waals surface area contributed by atoms with Gasteiger partial charge in [-0.1, -0.05) is 6.07 Å². The maximum Gasteiger partial charge on any atom is 0.221 e. The van der Waals surface area contributed by atoms with Crippen molar-refractivity contribution < 1.29 is 13.9 Å². The third-order valence-electron chi connectivity index (χ3n) is 3.06. The van der Waals surface area contributed by atoms with Gasteiger partial charge in [0, 0.05) is 31.8 Å². The average Bonchev–Trinajstić information content (AvgIpc) is 2.89. The summed E-state index contributed by atoms with van der Waals surface area (Å²) in [7, 11) is 0. The van der Waals surface area contributed by atoms with Gasteiger partial charge in [-0.3, -0.25) is 4.79 Å². The Balaban J connectivity index is 1.60. The highest BCUT2D eigenvalue weighted by Gasteiger charge is 2.15. The van der Waals surface area contributed by atoms with Crippen LogP contribution in [0.1, 0.15) is 19.3 Å². The number of ether oxygens (including phenoxy) is 1. The van der Waals surface area contributed by atoms with E-state index in [1.54, 1.807) is 12.1 Å². The predicted octanol–water partition coefficient (Wildman–Crippen LogP) is 1.92. The van der Waals surface area contributed by atoms with Gasteiger partial charge in [0.25, 0.3) is 0 Å². The zero-order valence-corrected chi connectivity index (χ0v) is 10.8. The summed E-state index contributed by atoms with van der Waals surface area (Å²) in [6.45, 7) is 1.86. The van der Waals surface area contributed by atoms with Crippen molar-refractivity contribution >= 4 is 11.6 Å². The molecule has 0 aromatic heterocycles. The fraction of sp³-hybridized carbons (Fsp3) is 0.500. The second-order valence-corrected chi connectivity index (χ2v) is 4.63. The van der Waals surface area contributed by atoms with Gasteiger partial charge in [-0.25, -0.2) is 4.39 Å². The van der Waals surface area contributed by atoms with Gasteiger partial charge >= 0.3 is 0 Å². The fourth-order valence-electron chi connectivity index (χ4n) is 2.04. The Morgan fingerprint density at radius 2 is 2.37 bits per heavy atom. The highest BCUT2D eigenvalue weighted by Crippen LogP contribution is 2.11. The van der Waals surface area contributed by atoms with Gasteiger partial charge in [-0.15, -0.1) is 0 Å². The van der Waals surface area contributed by atoms with Gasteiger partial charge in [-0.05, 0) is 31.0 Å². The molecule has 4 nitrogen and oxygen atoms in total. The Hall–Kier alpha value is -1.62. The molecule has 5 heteroatoms. The molecule has 19 heavy (non-hydrogen) atoms. The standard InChI is InChI=1S/C14H19FN2O2/c15-11-3-1-4-12(9-11)16-7-6-14(18)17-10-13-5-2-8-19-13/h1,3-4,9,13,16H,2,5-8,10H2,(H,17,18). The van der Waals surface area contributed by atoms with E-state index in [-0.39, 0.29) is 17.8 Å². The first kappa shape index (κ1) is 13.8. The molecule has 104 valence electrons. The minimum Gasteiger partial charge on any atom is -0.384 e. The quantitative estimate of drug-likeness (QED) is 0.827. The zero-order valence-electron chi connectivity index (χ0n) is 10.8. The van der Waals surface area contributed by atoms with Crippen LogP contribution >= 0.6 is 0 Å². The van der Waals surface area contributed by atoms with Crippen LogP contribution in [0.4, 0.5) is 10.1 Å². The number of carbonyl (C=O) groups is 1. The third kappa shape index (κ3) is 4.87. The van der Waals surface area contributed by atoms with E-state index < -0.39 is 0 Å². The van der Waals surface area contributed by atoms with E-state index in [2.05, 4.69) is 10.6 Å². The number of benzene rings is 1. The zero-order chi connectivity index (χ0) is 13.5. The van der Waals surface area contributed by atoms with Crippen molar-refractivity contribution in [2.45, 2.75) is 25.4 Å². The second kappa shape index (κ2) is 7.09. The molecule has 1 fully saturated rings. The topological polar surface area (TPSA) is 50.4 Å². The number of hydrogen-bond acceptors (Lipinski definition) is 3. The van der Waals surface area contributed by atoms with Gasteiger partial charge in [-0.2, -0.15) is 0 Å². The summed E-state index contributed by atoms with van der Waals surface area (Å²) in [6, 6.07) is 6.20. The summed E-state index contributed by atoms with van der Waals surface area (Å²) in [4.78, 5) is 11.6. The van der Waals surface area contributed by atoms with Crippen LogP contribution in [0.25, 0.3) is 0 Å². The number of amides is 1. The van der Waals surface area contributed by atoms with E-state index in [9.17, 15) is 9.18 Å². The van der Waals surface area contributed by atoms with Gasteiger partial charge < -0.3 is 15.4 Å². The van der Waals surface area contributed by atoms with Gasteiger partial charge in [0.2, 0.25) is 5.91 Å². The van der Waals surface area contributed by atoms with Crippen LogP contribution in [0.2, 0.25) is 0 Å². The Labute approximate surface area is 112 Å². The molecule has 1 atom stereocenters. The highest BCUT2D eigenvalue weighted by molar-refractivity contribution is 5.76. The first-order valence-electron chi connectivity index (χ1n) is 6.62. The molecule has 1 aromatic rings. The molecule has 0 spiro atoms. The molecule has 0 saturated carbocycles. The van der Waals surface area contributed by atoms with Gasteiger partial charge in [0.05, 0.1) is 6.10 Å². The van der Waals surface area contributed by atoms with Crippen molar-refractivity contribution in [2.75, 3.05) is 25.0 Å². The molecule has 1 aliphatic heterocycles. The van der Waals surface area contributed by atoms with Crippen LogP contribution in [0, 0.1) is 5.82 Å². The van der Waals surface area contributed by atoms with Crippen molar-refractivity contribution in [2.24, 2.45) is 0 Å². The largest absolute Gasteiger partial charge is 0.384 e. The first-order valence-corrected chi connectivity index (χ1v) is 6.62. The summed E-state index contributed by atoms with van der Waals surface area (Å²) in [6.07, 6.45) is 2.62. The Kier molecular flexibility index (Phi) is 5.15. The fourth-order valence-corrected chi connectivity index (χ4v) is 2.04. The van der Waals surface area contributed by atoms with Crippen LogP contribution in [-0.4, -0.2) is 31.7 Å². The van der Waals surface area contributed by atoms with Crippen LogP contribution in [-0.2, 0) is 9.53 Å². The molecule has 1 saturated heterocycles. The first-order chi connectivity index (χ1) is 9.24. The summed E-state index contributed by atoms with van der Waals surface area (Å²) in [5.41, 5.74) is 0.687. The van der Waals surface area contributed by atoms with E-state index in [1.807, 2.05) is 0 Å². The molecular weight excluding hydrogens is 247 g/mol. The molecule has 0 radical (unpaired) electrons. The van der Waals surface area contributed by atoms with Gasteiger partial charge in [0.15, 0.2) is 0 Å². The monoisotopic (exact) mass is 266 g/mol. The van der Waals surface area contributed by atoms with Crippen LogP contribution in [0.5, 0.6) is 0 Å². The SMILES string of the molecule is O=C(CCNc1cccc(F)c1)NCC1CCCO1. The molecule has 2 rings (SSSR count). The molecule has 1 unspecified atom stereocenters. The number of carbonyl (C=O) groups excluding carboxylic acids is 1. The molecule has 2 N–H and O–H groups in total. The van der Waals surface area contributed by atoms with Crippen molar-refractivity contribution in [3.8, 4) is 0 Å². The van der Waals surface area contributed by atoms with Crippen molar-refractivity contribution in [1.82, 2.24) is 5.32 Å². The van der Waals surface area contributed by atoms with Crippen molar-refractivity contribution in [3.05, 3.63) is 30.1 Å². The maximum absolute atomic E-state index is 12.9. The molecule has 1 amide bonds. The normalized spacial score (nSPS) is 18.3. The number of anilines is 1. The minimum atomic E-state index is -0.284. The van der Waals surface area contributed by atoms with E-state index in [0.717, 1.165) is 19.4 Å². The number of rotatable bonds is 6. The molecule has 1 aromatic carbocycles. The Morgan fingerprint density at radius 3 is 3.11 bits per heavy atom. The molecule has 1 aliphatic rings. The van der Waals surface area contributed by atoms with E-state index in [4.69, 9.17) is 4.74 Å². The summed E-state index contributed by atoms with van der Waals surface area (Å²) < 4.78 is 18.3. The lowest BCUT2D eigenvalue weighted by Gasteiger charge is -2.11. The van der Waals surface area contributed by atoms with Crippen LogP contribution < -0.4 is 10.6 Å². The molecular formula is C14H19FN2O2. The van der Waals surface area contributed by atoms with Crippen LogP contribution in [0.3, 0.4) is 0 Å². The van der Waals surface area contributed by atoms with Crippen molar-refractivity contribution in [1.29, 1.82) is 0 Å². The summed E-state index contributed by atoms with van der Waals surface area (Å²) in [5, 5.41) is 5.86.